The van der Waals surface area contributed by atoms with Gasteiger partial charge in [-0.1, -0.05) is 5.92 Å². The molecule has 2 nitrogen and oxygen atoms in total. The summed E-state index contributed by atoms with van der Waals surface area (Å²) < 4.78 is 13.0. The second kappa shape index (κ2) is 2.98. The van der Waals surface area contributed by atoms with Crippen LogP contribution in [0.15, 0.2) is 0 Å². The first kappa shape index (κ1) is 9.38. The first-order valence-corrected chi connectivity index (χ1v) is 4.47. The quantitative estimate of drug-likeness (QED) is 0.436. The van der Waals surface area contributed by atoms with Gasteiger partial charge in [0.25, 0.3) is 0 Å². The van der Waals surface area contributed by atoms with Gasteiger partial charge in [-0.05, 0) is 27.9 Å². The van der Waals surface area contributed by atoms with Gasteiger partial charge in [-0.2, -0.15) is 0 Å². The highest BCUT2D eigenvalue weighted by molar-refractivity contribution is 6.44. The summed E-state index contributed by atoms with van der Waals surface area (Å²) in [6.45, 7) is 3.63. The molecular formula is C7H13NOSi. The number of hydrogen-bond acceptors (Lipinski definition) is 1. The summed E-state index contributed by atoms with van der Waals surface area (Å²) >= 11 is 0. The molecule has 3 heteroatoms. The molecule has 0 aliphatic heterocycles. The molecule has 0 atom stereocenters. The summed E-state index contributed by atoms with van der Waals surface area (Å²) in [4.78, 5) is 0. The third-order valence-electron chi connectivity index (χ3n) is 1.30. The van der Waals surface area contributed by atoms with E-state index in [9.17, 15) is 4.46 Å². The summed E-state index contributed by atoms with van der Waals surface area (Å²) in [5, 5.41) is -0.478. The van der Waals surface area contributed by atoms with Crippen molar-refractivity contribution in [2.24, 2.45) is 0 Å². The van der Waals surface area contributed by atoms with Crippen LogP contribution in [0.1, 0.15) is 13.8 Å². The minimum atomic E-state index is -1.79. The molecule has 0 unspecified atom stereocenters. The first-order chi connectivity index (χ1) is 4.41. The highest BCUT2D eigenvalue weighted by atomic mass is 28.3. The largest absolute Gasteiger partial charge is 0.412 e. The van der Waals surface area contributed by atoms with Gasteiger partial charge in [0, 0.05) is 0 Å². The number of rotatable bonds is 2. The lowest BCUT2D eigenvalue weighted by Gasteiger charge is -2.19. The van der Waals surface area contributed by atoms with Crippen molar-refractivity contribution in [3.63, 3.8) is 0 Å². The molecular weight excluding hydrogens is 142 g/mol. The van der Waals surface area contributed by atoms with Gasteiger partial charge in [0.1, 0.15) is 0 Å². The van der Waals surface area contributed by atoms with Gasteiger partial charge in [-0.15, -0.1) is 6.42 Å². The van der Waals surface area contributed by atoms with Crippen LogP contribution in [-0.2, 0) is 4.46 Å². The van der Waals surface area contributed by atoms with Crippen LogP contribution in [0.4, 0.5) is 0 Å². The molecule has 0 heterocycles. The van der Waals surface area contributed by atoms with Crippen molar-refractivity contribution in [3.05, 3.63) is 0 Å². The normalized spacial score (nSPS) is 10.3. The Bertz CT molecular complexity index is 179. The van der Waals surface area contributed by atoms with Gasteiger partial charge >= 0.3 is 8.84 Å². The number of nitrogens with zero attached hydrogens (tertiary/aromatic N) is 1. The Hall–Kier alpha value is -0.623. The third kappa shape index (κ3) is 1.96. The Balaban J connectivity index is 4.38. The second-order valence-electron chi connectivity index (χ2n) is 2.97. The minimum Gasteiger partial charge on any atom is -0.382 e. The Morgan fingerprint density at radius 2 is 1.90 bits per heavy atom. The van der Waals surface area contributed by atoms with E-state index in [0.29, 0.717) is 0 Å². The fourth-order valence-electron chi connectivity index (χ4n) is 0.621. The van der Waals surface area contributed by atoms with E-state index in [-0.39, 0.29) is 0 Å². The van der Waals surface area contributed by atoms with E-state index in [1.54, 1.807) is 18.7 Å². The smallest absolute Gasteiger partial charge is 0.382 e. The minimum absolute atomic E-state index is 0.478. The van der Waals surface area contributed by atoms with E-state index >= 15 is 0 Å². The Morgan fingerprint density at radius 3 is 2.00 bits per heavy atom. The third-order valence-corrected chi connectivity index (χ3v) is 3.33. The van der Waals surface area contributed by atoms with Crippen LogP contribution >= 0.6 is 0 Å². The molecule has 0 aromatic heterocycles. The maximum absolute atomic E-state index is 11.4. The zero-order valence-corrected chi connectivity index (χ0v) is 7.93. The van der Waals surface area contributed by atoms with Crippen molar-refractivity contribution < 1.29 is 4.46 Å². The van der Waals surface area contributed by atoms with Gasteiger partial charge in [-0.3, -0.25) is 0 Å². The number of terminal acetylenes is 1. The van der Waals surface area contributed by atoms with Gasteiger partial charge < -0.3 is 9.03 Å². The molecule has 0 aliphatic carbocycles. The topological polar surface area (TPSA) is 20.3 Å². The lowest BCUT2D eigenvalue weighted by Crippen LogP contribution is -2.33. The van der Waals surface area contributed by atoms with E-state index in [4.69, 9.17) is 6.42 Å². The van der Waals surface area contributed by atoms with Gasteiger partial charge in [0.2, 0.25) is 0 Å². The van der Waals surface area contributed by atoms with E-state index in [1.165, 1.54) is 0 Å². The zero-order chi connectivity index (χ0) is 8.36. The summed E-state index contributed by atoms with van der Waals surface area (Å²) in [7, 11) is 1.77. The fourth-order valence-corrected chi connectivity index (χ4v) is 1.86. The van der Waals surface area contributed by atoms with E-state index in [1.807, 2.05) is 13.8 Å². The predicted molar refractivity (Wildman–Crippen MR) is 43.0 cm³/mol. The standard InChI is InChI=1S/C7H13NOSi/c1-6-7(2,3)10(9)8(4)5/h1H,2-5H3. The maximum atomic E-state index is 11.4. The number of hydrogen-bond donors (Lipinski definition) is 0. The van der Waals surface area contributed by atoms with Crippen LogP contribution in [0, 0.1) is 12.3 Å². The molecule has 56 valence electrons. The lowest BCUT2D eigenvalue weighted by molar-refractivity contribution is 0.464. The molecule has 0 saturated heterocycles. The van der Waals surface area contributed by atoms with E-state index in [0.717, 1.165) is 0 Å². The molecule has 0 N–H and O–H groups in total. The van der Waals surface area contributed by atoms with E-state index in [2.05, 4.69) is 5.92 Å². The van der Waals surface area contributed by atoms with E-state index < -0.39 is 13.9 Å². The highest BCUT2D eigenvalue weighted by Gasteiger charge is 2.29. The van der Waals surface area contributed by atoms with Crippen molar-refractivity contribution in [2.45, 2.75) is 18.9 Å². The van der Waals surface area contributed by atoms with Crippen LogP contribution in [-0.4, -0.2) is 27.5 Å². The summed E-state index contributed by atoms with van der Waals surface area (Å²) in [5.41, 5.74) is 0. The van der Waals surface area contributed by atoms with Gasteiger partial charge in [-0.25, -0.2) is 0 Å². The SMILES string of the molecule is C#CC(C)(C)[Si](=O)N(C)C. The molecule has 0 rings (SSSR count). The van der Waals surface area contributed by atoms with Crippen molar-refractivity contribution in [1.29, 1.82) is 0 Å². The maximum Gasteiger partial charge on any atom is 0.412 e. The van der Waals surface area contributed by atoms with Crippen molar-refractivity contribution >= 4 is 8.84 Å². The molecule has 0 aromatic rings. The van der Waals surface area contributed by atoms with Crippen molar-refractivity contribution in [1.82, 2.24) is 4.57 Å². The molecule has 0 radical (unpaired) electrons. The van der Waals surface area contributed by atoms with Gasteiger partial charge in [0.15, 0.2) is 0 Å². The zero-order valence-electron chi connectivity index (χ0n) is 6.93. The van der Waals surface area contributed by atoms with Crippen molar-refractivity contribution in [2.75, 3.05) is 14.1 Å². The van der Waals surface area contributed by atoms with Crippen LogP contribution in [0.25, 0.3) is 0 Å². The van der Waals surface area contributed by atoms with Crippen LogP contribution < -0.4 is 0 Å². The Morgan fingerprint density at radius 1 is 1.50 bits per heavy atom. The second-order valence-corrected chi connectivity index (χ2v) is 5.72. The summed E-state index contributed by atoms with van der Waals surface area (Å²) in [6.07, 6.45) is 5.19. The first-order valence-electron chi connectivity index (χ1n) is 3.11. The Kier molecular flexibility index (Phi) is 2.79. The average Bonchev–Trinajstić information content (AvgIpc) is 1.86. The fraction of sp³-hybridized carbons (Fsp3) is 0.714. The molecule has 0 amide bonds. The van der Waals surface area contributed by atoms with Gasteiger partial charge in [0.05, 0.1) is 5.04 Å². The van der Waals surface area contributed by atoms with Crippen LogP contribution in [0.2, 0.25) is 5.04 Å². The monoisotopic (exact) mass is 155 g/mol. The Labute approximate surface area is 64.0 Å². The highest BCUT2D eigenvalue weighted by Crippen LogP contribution is 2.22. The molecule has 0 aliphatic rings. The lowest BCUT2D eigenvalue weighted by atomic mass is 10.2. The summed E-state index contributed by atoms with van der Waals surface area (Å²) in [6, 6.07) is 0. The van der Waals surface area contributed by atoms with Crippen LogP contribution in [0.3, 0.4) is 0 Å². The molecule has 0 aromatic carbocycles. The summed E-state index contributed by atoms with van der Waals surface area (Å²) in [5.74, 6) is 2.51. The predicted octanol–water partition coefficient (Wildman–Crippen LogP) is 0.880. The van der Waals surface area contributed by atoms with Crippen LogP contribution in [0.5, 0.6) is 0 Å². The molecule has 10 heavy (non-hydrogen) atoms. The molecule has 0 fully saturated rings. The molecule has 0 spiro atoms. The molecule has 0 bridgehead atoms. The van der Waals surface area contributed by atoms with Crippen molar-refractivity contribution in [3.8, 4) is 12.3 Å². The average molecular weight is 155 g/mol. The molecule has 0 saturated carbocycles.